The van der Waals surface area contributed by atoms with Crippen molar-refractivity contribution in [3.8, 4) is 0 Å². The third kappa shape index (κ3) is 3.65. The van der Waals surface area contributed by atoms with Crippen LogP contribution in [0.25, 0.3) is 0 Å². The molecule has 0 spiro atoms. The summed E-state index contributed by atoms with van der Waals surface area (Å²) in [5.41, 5.74) is 1.82. The van der Waals surface area contributed by atoms with E-state index in [0.717, 1.165) is 28.7 Å². The van der Waals surface area contributed by atoms with Crippen LogP contribution < -0.4 is 0 Å². The Morgan fingerprint density at radius 1 is 1.50 bits per heavy atom. The van der Waals surface area contributed by atoms with Crippen molar-refractivity contribution in [3.05, 3.63) is 15.9 Å². The van der Waals surface area contributed by atoms with Crippen molar-refractivity contribution in [1.29, 1.82) is 0 Å². The van der Waals surface area contributed by atoms with Gasteiger partial charge in [0.1, 0.15) is 6.10 Å². The van der Waals surface area contributed by atoms with E-state index in [0.29, 0.717) is 13.0 Å². The zero-order valence-corrected chi connectivity index (χ0v) is 13.1. The molecule has 0 aliphatic rings. The summed E-state index contributed by atoms with van der Waals surface area (Å²) in [6.45, 7) is 6.47. The number of carbonyl (C=O) groups is 1. The summed E-state index contributed by atoms with van der Waals surface area (Å²) >= 11 is 3.48. The molecule has 0 N–H and O–H groups in total. The summed E-state index contributed by atoms with van der Waals surface area (Å²) in [6, 6.07) is 0. The SMILES string of the molecule is CCCC(OCC)C(=O)Cc1c(Br)c(C)nn1C. The third-order valence-electron chi connectivity index (χ3n) is 2.88. The van der Waals surface area contributed by atoms with Crippen LogP contribution in [0.3, 0.4) is 0 Å². The number of carbonyl (C=O) groups excluding carboxylic acids is 1. The average Bonchev–Trinajstić information content (AvgIpc) is 2.55. The molecule has 0 fully saturated rings. The van der Waals surface area contributed by atoms with Gasteiger partial charge in [0.05, 0.1) is 22.3 Å². The van der Waals surface area contributed by atoms with Gasteiger partial charge in [0.25, 0.3) is 0 Å². The van der Waals surface area contributed by atoms with Gasteiger partial charge in [-0.05, 0) is 36.2 Å². The van der Waals surface area contributed by atoms with E-state index in [1.807, 2.05) is 20.9 Å². The highest BCUT2D eigenvalue weighted by Gasteiger charge is 2.21. The van der Waals surface area contributed by atoms with Gasteiger partial charge in [0.2, 0.25) is 0 Å². The van der Waals surface area contributed by atoms with Gasteiger partial charge in [-0.25, -0.2) is 0 Å². The Kier molecular flexibility index (Phi) is 6.02. The molecular weight excluding hydrogens is 296 g/mol. The van der Waals surface area contributed by atoms with Crippen LogP contribution in [0.5, 0.6) is 0 Å². The highest BCUT2D eigenvalue weighted by molar-refractivity contribution is 9.10. The van der Waals surface area contributed by atoms with Crippen LogP contribution in [0.15, 0.2) is 4.47 Å². The predicted octanol–water partition coefficient (Wildman–Crippen LogP) is 2.81. The van der Waals surface area contributed by atoms with Crippen molar-refractivity contribution in [2.24, 2.45) is 7.05 Å². The van der Waals surface area contributed by atoms with E-state index in [1.165, 1.54) is 0 Å². The Balaban J connectivity index is 2.78. The Bertz CT molecular complexity index is 409. The standard InChI is InChI=1S/C13H21BrN2O2/c1-5-7-12(18-6-2)11(17)8-10-13(14)9(3)15-16(10)4/h12H,5-8H2,1-4H3. The van der Waals surface area contributed by atoms with E-state index in [2.05, 4.69) is 28.0 Å². The van der Waals surface area contributed by atoms with Crippen LogP contribution in [-0.2, 0) is 23.0 Å². The van der Waals surface area contributed by atoms with Crippen molar-refractivity contribution < 1.29 is 9.53 Å². The van der Waals surface area contributed by atoms with Crippen LogP contribution in [0.2, 0.25) is 0 Å². The minimum Gasteiger partial charge on any atom is -0.371 e. The second kappa shape index (κ2) is 7.04. The number of nitrogens with zero attached hydrogens (tertiary/aromatic N) is 2. The first-order valence-electron chi connectivity index (χ1n) is 6.33. The molecule has 1 atom stereocenters. The second-order valence-corrected chi connectivity index (χ2v) is 5.14. The number of halogens is 1. The second-order valence-electron chi connectivity index (χ2n) is 4.35. The Hall–Kier alpha value is -0.680. The van der Waals surface area contributed by atoms with Gasteiger partial charge < -0.3 is 4.74 Å². The molecule has 0 aliphatic heterocycles. The van der Waals surface area contributed by atoms with Crippen molar-refractivity contribution in [1.82, 2.24) is 9.78 Å². The van der Waals surface area contributed by atoms with E-state index < -0.39 is 0 Å². The summed E-state index contributed by atoms with van der Waals surface area (Å²) in [7, 11) is 1.86. The maximum Gasteiger partial charge on any atom is 0.167 e. The molecule has 1 aromatic heterocycles. The largest absolute Gasteiger partial charge is 0.371 e. The summed E-state index contributed by atoms with van der Waals surface area (Å²) in [5, 5.41) is 4.29. The summed E-state index contributed by atoms with van der Waals surface area (Å²) in [4.78, 5) is 12.2. The molecule has 1 unspecified atom stereocenters. The summed E-state index contributed by atoms with van der Waals surface area (Å²) in [6.07, 6.45) is 1.80. The van der Waals surface area contributed by atoms with Gasteiger partial charge in [-0.15, -0.1) is 0 Å². The number of rotatable bonds is 7. The molecule has 5 heteroatoms. The normalized spacial score (nSPS) is 12.7. The lowest BCUT2D eigenvalue weighted by Gasteiger charge is -2.15. The van der Waals surface area contributed by atoms with Crippen molar-refractivity contribution in [2.75, 3.05) is 6.61 Å². The molecule has 0 bridgehead atoms. The minimum atomic E-state index is -0.290. The zero-order chi connectivity index (χ0) is 13.7. The lowest BCUT2D eigenvalue weighted by molar-refractivity contribution is -0.130. The quantitative estimate of drug-likeness (QED) is 0.777. The highest BCUT2D eigenvalue weighted by atomic mass is 79.9. The molecule has 4 nitrogen and oxygen atoms in total. The molecule has 102 valence electrons. The van der Waals surface area contributed by atoms with Crippen molar-refractivity contribution in [2.45, 2.75) is 46.1 Å². The van der Waals surface area contributed by atoms with Crippen molar-refractivity contribution >= 4 is 21.7 Å². The fourth-order valence-corrected chi connectivity index (χ4v) is 2.43. The maximum absolute atomic E-state index is 12.2. The topological polar surface area (TPSA) is 44.1 Å². The van der Waals surface area contributed by atoms with Gasteiger partial charge in [-0.3, -0.25) is 9.48 Å². The molecule has 1 aromatic rings. The number of ketones is 1. The number of aromatic nitrogens is 2. The van der Waals surface area contributed by atoms with Gasteiger partial charge >= 0.3 is 0 Å². The molecule has 0 saturated carbocycles. The van der Waals surface area contributed by atoms with Gasteiger partial charge in [0.15, 0.2) is 5.78 Å². The smallest absolute Gasteiger partial charge is 0.167 e. The highest BCUT2D eigenvalue weighted by Crippen LogP contribution is 2.21. The molecule has 0 saturated heterocycles. The summed E-state index contributed by atoms with van der Waals surface area (Å²) < 4.78 is 8.19. The molecule has 0 aromatic carbocycles. The van der Waals surface area contributed by atoms with Gasteiger partial charge in [0, 0.05) is 13.7 Å². The van der Waals surface area contributed by atoms with Crippen LogP contribution >= 0.6 is 15.9 Å². The molecule has 18 heavy (non-hydrogen) atoms. The lowest BCUT2D eigenvalue weighted by Crippen LogP contribution is -2.26. The number of aryl methyl sites for hydroxylation is 2. The summed E-state index contributed by atoms with van der Waals surface area (Å²) in [5.74, 6) is 0.127. The first-order chi connectivity index (χ1) is 8.51. The Morgan fingerprint density at radius 3 is 2.61 bits per heavy atom. The minimum absolute atomic E-state index is 0.127. The van der Waals surface area contributed by atoms with Crippen LogP contribution in [0.1, 0.15) is 38.1 Å². The fraction of sp³-hybridized carbons (Fsp3) is 0.692. The monoisotopic (exact) mass is 316 g/mol. The number of ether oxygens (including phenoxy) is 1. The predicted molar refractivity (Wildman–Crippen MR) is 74.7 cm³/mol. The fourth-order valence-electron chi connectivity index (χ4n) is 1.95. The molecule has 1 heterocycles. The molecule has 0 radical (unpaired) electrons. The first-order valence-corrected chi connectivity index (χ1v) is 7.12. The molecule has 0 aliphatic carbocycles. The maximum atomic E-state index is 12.2. The average molecular weight is 317 g/mol. The van der Waals surface area contributed by atoms with Crippen LogP contribution in [-0.4, -0.2) is 28.3 Å². The van der Waals surface area contributed by atoms with Gasteiger partial charge in [-0.1, -0.05) is 13.3 Å². The van der Waals surface area contributed by atoms with Crippen LogP contribution in [0, 0.1) is 6.92 Å². The number of hydrogen-bond acceptors (Lipinski definition) is 3. The molecule has 1 rings (SSSR count). The van der Waals surface area contributed by atoms with E-state index in [4.69, 9.17) is 4.74 Å². The van der Waals surface area contributed by atoms with Crippen LogP contribution in [0.4, 0.5) is 0 Å². The Labute approximate surface area is 117 Å². The Morgan fingerprint density at radius 2 is 2.17 bits per heavy atom. The lowest BCUT2D eigenvalue weighted by atomic mass is 10.1. The number of hydrogen-bond donors (Lipinski definition) is 0. The van der Waals surface area contributed by atoms with Crippen molar-refractivity contribution in [3.63, 3.8) is 0 Å². The van der Waals surface area contributed by atoms with Gasteiger partial charge in [-0.2, -0.15) is 5.10 Å². The van der Waals surface area contributed by atoms with E-state index in [1.54, 1.807) is 4.68 Å². The molecule has 0 amide bonds. The first kappa shape index (κ1) is 15.4. The number of Topliss-reactive ketones (excluding diaryl/α,β-unsaturated/α-hetero) is 1. The zero-order valence-electron chi connectivity index (χ0n) is 11.5. The third-order valence-corrected chi connectivity index (χ3v) is 3.91. The van der Waals surface area contributed by atoms with E-state index in [9.17, 15) is 4.79 Å². The van der Waals surface area contributed by atoms with E-state index in [-0.39, 0.29) is 11.9 Å². The van der Waals surface area contributed by atoms with E-state index >= 15 is 0 Å². The molecular formula is C13H21BrN2O2.